The minimum absolute atomic E-state index is 0.0373. The minimum Gasteiger partial charge on any atom is -0.507 e. The number of aromatic hydroxyl groups is 2. The smallest absolute Gasteiger partial charge is 0.167 e. The first-order chi connectivity index (χ1) is 27.3. The Bertz CT molecular complexity index is 1770. The van der Waals surface area contributed by atoms with E-state index in [9.17, 15) is 10.2 Å². The molecule has 0 bridgehead atoms. The monoisotopic (exact) mass is 767 g/mol. The zero-order valence-electron chi connectivity index (χ0n) is 34.8. The van der Waals surface area contributed by atoms with Gasteiger partial charge in [-0.1, -0.05) is 78.6 Å². The molecule has 56 heavy (non-hydrogen) atoms. The molecular weight excluding hydrogens is 703 g/mol. The molecule has 0 spiro atoms. The van der Waals surface area contributed by atoms with E-state index in [0.717, 1.165) is 88.4 Å². The second kappa shape index (κ2) is 21.7. The van der Waals surface area contributed by atoms with Crippen LogP contribution in [0.3, 0.4) is 0 Å². The topological polar surface area (TPSA) is 116 Å². The predicted octanol–water partition coefficient (Wildman–Crippen LogP) is 12.4. The van der Waals surface area contributed by atoms with Gasteiger partial charge in [0, 0.05) is 16.7 Å². The standard InChI is InChI=1S/C47H65N3O6/c1-7-10-13-18-29-53-39-26-23-36(42(51)32(39)4)45-48-46(37-24-27-40(33(5)43(37)52)54-30-19-14-11-8-2)50-47(49-45)38-25-28-41(56-35-21-16-17-22-35)34(6)44(38)55-31-20-15-12-9-3/h23-28,35,51-52H,7-22,29-31H2,1-6H3. The summed E-state index contributed by atoms with van der Waals surface area (Å²) >= 11 is 0. The molecule has 1 aromatic heterocycles. The van der Waals surface area contributed by atoms with E-state index < -0.39 is 0 Å². The Morgan fingerprint density at radius 1 is 0.500 bits per heavy atom. The van der Waals surface area contributed by atoms with Crippen molar-refractivity contribution in [1.82, 2.24) is 15.0 Å². The van der Waals surface area contributed by atoms with Gasteiger partial charge in [-0.3, -0.25) is 0 Å². The van der Waals surface area contributed by atoms with Crippen LogP contribution in [-0.4, -0.2) is 51.1 Å². The van der Waals surface area contributed by atoms with Gasteiger partial charge in [0.05, 0.1) is 42.6 Å². The van der Waals surface area contributed by atoms with E-state index in [-0.39, 0.29) is 29.3 Å². The number of rotatable bonds is 23. The predicted molar refractivity (Wildman–Crippen MR) is 225 cm³/mol. The van der Waals surface area contributed by atoms with Crippen LogP contribution in [0, 0.1) is 20.8 Å². The van der Waals surface area contributed by atoms with Gasteiger partial charge in [-0.25, -0.2) is 15.0 Å². The molecule has 2 N–H and O–H groups in total. The van der Waals surface area contributed by atoms with Crippen molar-refractivity contribution in [3.63, 3.8) is 0 Å². The lowest BCUT2D eigenvalue weighted by atomic mass is 10.0. The summed E-state index contributed by atoms with van der Waals surface area (Å²) in [5.41, 5.74) is 3.68. The number of hydrogen-bond acceptors (Lipinski definition) is 9. The Morgan fingerprint density at radius 3 is 1.38 bits per heavy atom. The van der Waals surface area contributed by atoms with E-state index in [1.165, 1.54) is 25.7 Å². The molecule has 4 aromatic rings. The van der Waals surface area contributed by atoms with Gasteiger partial charge in [-0.15, -0.1) is 0 Å². The molecule has 1 aliphatic rings. The molecule has 0 aliphatic heterocycles. The number of phenolic OH excluding ortho intramolecular Hbond substituents is 2. The summed E-state index contributed by atoms with van der Waals surface area (Å²) in [7, 11) is 0. The summed E-state index contributed by atoms with van der Waals surface area (Å²) in [5.74, 6) is 3.70. The van der Waals surface area contributed by atoms with Crippen molar-refractivity contribution < 1.29 is 29.2 Å². The van der Waals surface area contributed by atoms with Gasteiger partial charge in [0.15, 0.2) is 17.5 Å². The highest BCUT2D eigenvalue weighted by atomic mass is 16.5. The van der Waals surface area contributed by atoms with Crippen LogP contribution in [0.2, 0.25) is 0 Å². The molecule has 0 saturated heterocycles. The molecular formula is C47H65N3O6. The molecule has 1 heterocycles. The van der Waals surface area contributed by atoms with E-state index in [1.807, 2.05) is 45.0 Å². The second-order valence-corrected chi connectivity index (χ2v) is 15.3. The van der Waals surface area contributed by atoms with Gasteiger partial charge in [-0.05, 0) is 102 Å². The van der Waals surface area contributed by atoms with E-state index in [1.54, 1.807) is 12.1 Å². The summed E-state index contributed by atoms with van der Waals surface area (Å²) in [5, 5.41) is 23.3. The van der Waals surface area contributed by atoms with E-state index in [4.69, 9.17) is 33.9 Å². The normalized spacial score (nSPS) is 13.0. The summed E-state index contributed by atoms with van der Waals surface area (Å²) < 4.78 is 25.3. The van der Waals surface area contributed by atoms with Crippen molar-refractivity contribution in [1.29, 1.82) is 0 Å². The van der Waals surface area contributed by atoms with Gasteiger partial charge in [0.25, 0.3) is 0 Å². The maximum absolute atomic E-state index is 11.6. The number of ether oxygens (including phenoxy) is 4. The summed E-state index contributed by atoms with van der Waals surface area (Å²) in [6.07, 6.45) is 17.7. The lowest BCUT2D eigenvalue weighted by Gasteiger charge is -2.20. The Morgan fingerprint density at radius 2 is 0.911 bits per heavy atom. The van der Waals surface area contributed by atoms with Gasteiger partial charge in [0.2, 0.25) is 0 Å². The number of aromatic nitrogens is 3. The fourth-order valence-electron chi connectivity index (χ4n) is 7.25. The van der Waals surface area contributed by atoms with Crippen molar-refractivity contribution in [2.24, 2.45) is 0 Å². The van der Waals surface area contributed by atoms with Gasteiger partial charge >= 0.3 is 0 Å². The highest BCUT2D eigenvalue weighted by molar-refractivity contribution is 5.77. The number of hydrogen-bond donors (Lipinski definition) is 2. The summed E-state index contributed by atoms with van der Waals surface area (Å²) in [6, 6.07) is 11.3. The van der Waals surface area contributed by atoms with Crippen LogP contribution in [0.1, 0.15) is 140 Å². The molecule has 1 saturated carbocycles. The molecule has 1 fully saturated rings. The van der Waals surface area contributed by atoms with E-state index >= 15 is 0 Å². The Hall–Kier alpha value is -4.53. The van der Waals surface area contributed by atoms with Crippen molar-refractivity contribution in [3.05, 3.63) is 53.1 Å². The van der Waals surface area contributed by atoms with Crippen molar-refractivity contribution >= 4 is 0 Å². The molecule has 0 unspecified atom stereocenters. The zero-order valence-corrected chi connectivity index (χ0v) is 34.8. The van der Waals surface area contributed by atoms with Crippen molar-refractivity contribution in [2.45, 2.75) is 150 Å². The maximum atomic E-state index is 11.6. The summed E-state index contributed by atoms with van der Waals surface area (Å²) in [6.45, 7) is 14.0. The average Bonchev–Trinajstić information content (AvgIpc) is 3.72. The highest BCUT2D eigenvalue weighted by Crippen LogP contribution is 2.43. The van der Waals surface area contributed by atoms with Crippen LogP contribution >= 0.6 is 0 Å². The SMILES string of the molecule is CCCCCCOc1ccc(-c2nc(-c3ccc(OCCCCCC)c(C)c3O)nc(-c3ccc(OC4CCCC4)c(C)c3OCCCCCC)n2)c(O)c1C. The number of nitrogens with zero attached hydrogens (tertiary/aromatic N) is 3. The lowest BCUT2D eigenvalue weighted by Crippen LogP contribution is -2.12. The molecule has 0 radical (unpaired) electrons. The van der Waals surface area contributed by atoms with Crippen LogP contribution in [0.4, 0.5) is 0 Å². The lowest BCUT2D eigenvalue weighted by molar-refractivity contribution is 0.206. The third-order valence-corrected chi connectivity index (χ3v) is 10.8. The Balaban J connectivity index is 1.59. The maximum Gasteiger partial charge on any atom is 0.167 e. The van der Waals surface area contributed by atoms with Gasteiger partial charge in [-0.2, -0.15) is 0 Å². The minimum atomic E-state index is 0.0373. The molecule has 5 rings (SSSR count). The van der Waals surface area contributed by atoms with Gasteiger partial charge in [0.1, 0.15) is 34.5 Å². The fourth-order valence-corrected chi connectivity index (χ4v) is 7.25. The zero-order chi connectivity index (χ0) is 39.9. The molecule has 304 valence electrons. The number of phenols is 2. The molecule has 3 aromatic carbocycles. The number of unbranched alkanes of at least 4 members (excludes halogenated alkanes) is 9. The van der Waals surface area contributed by atoms with Crippen molar-refractivity contribution in [2.75, 3.05) is 19.8 Å². The molecule has 9 nitrogen and oxygen atoms in total. The molecule has 0 atom stereocenters. The third kappa shape index (κ3) is 11.1. The van der Waals surface area contributed by atoms with Crippen LogP contribution in [-0.2, 0) is 0 Å². The quantitative estimate of drug-likeness (QED) is 0.0711. The van der Waals surface area contributed by atoms with E-state index in [0.29, 0.717) is 70.7 Å². The van der Waals surface area contributed by atoms with Crippen LogP contribution in [0.25, 0.3) is 34.2 Å². The first-order valence-electron chi connectivity index (χ1n) is 21.4. The largest absolute Gasteiger partial charge is 0.507 e. The number of benzene rings is 3. The van der Waals surface area contributed by atoms with Crippen LogP contribution in [0.15, 0.2) is 36.4 Å². The van der Waals surface area contributed by atoms with Crippen LogP contribution in [0.5, 0.6) is 34.5 Å². The Labute approximate surface area is 335 Å². The Kier molecular flexibility index (Phi) is 16.5. The highest BCUT2D eigenvalue weighted by Gasteiger charge is 2.25. The first-order valence-corrected chi connectivity index (χ1v) is 21.4. The molecule has 1 aliphatic carbocycles. The van der Waals surface area contributed by atoms with Crippen LogP contribution < -0.4 is 18.9 Å². The average molecular weight is 768 g/mol. The summed E-state index contributed by atoms with van der Waals surface area (Å²) in [4.78, 5) is 14.9. The first kappa shape index (κ1) is 42.6. The van der Waals surface area contributed by atoms with Crippen molar-refractivity contribution in [3.8, 4) is 68.7 Å². The fraction of sp³-hybridized carbons (Fsp3) is 0.553. The van der Waals surface area contributed by atoms with Gasteiger partial charge < -0.3 is 29.2 Å². The second-order valence-electron chi connectivity index (χ2n) is 15.3. The molecule has 0 amide bonds. The molecule has 9 heteroatoms. The van der Waals surface area contributed by atoms with E-state index in [2.05, 4.69) is 20.8 Å². The third-order valence-electron chi connectivity index (χ3n) is 10.8.